The average molecular weight is 245 g/mol. The zero-order valence-corrected chi connectivity index (χ0v) is 10.3. The summed E-state index contributed by atoms with van der Waals surface area (Å²) in [5, 5.41) is 0.813. The summed E-state index contributed by atoms with van der Waals surface area (Å²) in [7, 11) is 0. The van der Waals surface area contributed by atoms with Crippen molar-refractivity contribution in [1.29, 1.82) is 0 Å². The first-order chi connectivity index (χ1) is 8.36. The first-order valence-corrected chi connectivity index (χ1v) is 6.55. The van der Waals surface area contributed by atoms with Crippen molar-refractivity contribution in [1.82, 2.24) is 9.97 Å². The molecule has 3 nitrogen and oxygen atoms in total. The molecule has 1 aromatic heterocycles. The molecule has 0 radical (unpaired) electrons. The van der Waals surface area contributed by atoms with Crippen molar-refractivity contribution < 1.29 is 0 Å². The number of aromatic nitrogens is 2. The number of nitrogens with two attached hydrogens (primary N) is 1. The van der Waals surface area contributed by atoms with Gasteiger partial charge in [0.15, 0.2) is 5.16 Å². The Morgan fingerprint density at radius 1 is 1.06 bits per heavy atom. The summed E-state index contributed by atoms with van der Waals surface area (Å²) in [4.78, 5) is 8.32. The molecule has 2 aromatic rings. The largest absolute Gasteiger partial charge is 0.324 e. The highest BCUT2D eigenvalue weighted by molar-refractivity contribution is 7.99. The summed E-state index contributed by atoms with van der Waals surface area (Å²) in [6.07, 6.45) is 4.44. The van der Waals surface area contributed by atoms with E-state index in [1.54, 1.807) is 24.2 Å². The minimum atomic E-state index is 0.0902. The van der Waals surface area contributed by atoms with Crippen LogP contribution in [0, 0.1) is 0 Å². The predicted molar refractivity (Wildman–Crippen MR) is 70.7 cm³/mol. The molecule has 0 saturated heterocycles. The van der Waals surface area contributed by atoms with E-state index in [1.807, 2.05) is 24.3 Å². The van der Waals surface area contributed by atoms with Gasteiger partial charge in [-0.25, -0.2) is 9.97 Å². The molecule has 0 spiro atoms. The monoisotopic (exact) mass is 245 g/mol. The normalized spacial score (nSPS) is 12.3. The van der Waals surface area contributed by atoms with Gasteiger partial charge in [-0.1, -0.05) is 42.1 Å². The minimum Gasteiger partial charge on any atom is -0.324 e. The Morgan fingerprint density at radius 2 is 1.76 bits per heavy atom. The Hall–Kier alpha value is -1.39. The highest BCUT2D eigenvalue weighted by Gasteiger charge is 2.05. The molecule has 1 atom stereocenters. The molecule has 2 rings (SSSR count). The van der Waals surface area contributed by atoms with Crippen molar-refractivity contribution >= 4 is 11.8 Å². The van der Waals surface area contributed by atoms with Crippen LogP contribution in [0.4, 0.5) is 0 Å². The molecular weight excluding hydrogens is 230 g/mol. The molecule has 0 aliphatic heterocycles. The second-order valence-electron chi connectivity index (χ2n) is 3.69. The van der Waals surface area contributed by atoms with E-state index < -0.39 is 0 Å². The van der Waals surface area contributed by atoms with Gasteiger partial charge in [-0.3, -0.25) is 0 Å². The van der Waals surface area contributed by atoms with Crippen molar-refractivity contribution in [3.63, 3.8) is 0 Å². The van der Waals surface area contributed by atoms with Gasteiger partial charge in [-0.2, -0.15) is 0 Å². The fourth-order valence-electron chi connectivity index (χ4n) is 1.50. The molecule has 0 unspecified atom stereocenters. The molecule has 0 bridgehead atoms. The summed E-state index contributed by atoms with van der Waals surface area (Å²) in [5.41, 5.74) is 7.29. The van der Waals surface area contributed by atoms with Gasteiger partial charge in [0.1, 0.15) is 0 Å². The molecule has 88 valence electrons. The molecule has 1 heterocycles. The van der Waals surface area contributed by atoms with E-state index in [1.165, 1.54) is 5.56 Å². The maximum absolute atomic E-state index is 6.10. The second kappa shape index (κ2) is 6.37. The molecule has 4 heteroatoms. The molecule has 1 aromatic carbocycles. The number of rotatable bonds is 5. The topological polar surface area (TPSA) is 51.8 Å². The van der Waals surface area contributed by atoms with Crippen molar-refractivity contribution in [3.05, 3.63) is 54.4 Å². The lowest BCUT2D eigenvalue weighted by atomic mass is 10.1. The van der Waals surface area contributed by atoms with Crippen LogP contribution in [0.5, 0.6) is 0 Å². The number of hydrogen-bond donors (Lipinski definition) is 1. The van der Waals surface area contributed by atoms with Crippen molar-refractivity contribution in [2.75, 3.05) is 5.75 Å². The Morgan fingerprint density at radius 3 is 2.47 bits per heavy atom. The Labute approximate surface area is 105 Å². The van der Waals surface area contributed by atoms with Crippen LogP contribution in [-0.4, -0.2) is 15.7 Å². The lowest BCUT2D eigenvalue weighted by Gasteiger charge is -2.10. The first-order valence-electron chi connectivity index (χ1n) is 5.56. The van der Waals surface area contributed by atoms with Gasteiger partial charge in [0.05, 0.1) is 0 Å². The van der Waals surface area contributed by atoms with Crippen LogP contribution in [0.25, 0.3) is 0 Å². The van der Waals surface area contributed by atoms with Gasteiger partial charge in [-0.05, 0) is 18.1 Å². The van der Waals surface area contributed by atoms with Gasteiger partial charge in [0, 0.05) is 24.2 Å². The van der Waals surface area contributed by atoms with E-state index >= 15 is 0 Å². The fraction of sp³-hybridized carbons (Fsp3) is 0.231. The molecule has 0 aliphatic rings. The molecule has 0 aliphatic carbocycles. The third-order valence-electron chi connectivity index (χ3n) is 2.43. The third kappa shape index (κ3) is 3.84. The number of hydrogen-bond acceptors (Lipinski definition) is 4. The van der Waals surface area contributed by atoms with E-state index in [9.17, 15) is 0 Å². The van der Waals surface area contributed by atoms with E-state index in [0.717, 1.165) is 17.3 Å². The van der Waals surface area contributed by atoms with Crippen LogP contribution in [0.2, 0.25) is 0 Å². The Balaban J connectivity index is 1.79. The van der Waals surface area contributed by atoms with Crippen molar-refractivity contribution in [2.45, 2.75) is 17.6 Å². The van der Waals surface area contributed by atoms with Gasteiger partial charge in [0.2, 0.25) is 0 Å². The van der Waals surface area contributed by atoms with Crippen molar-refractivity contribution in [2.24, 2.45) is 5.73 Å². The molecular formula is C13H15N3S. The van der Waals surface area contributed by atoms with Crippen LogP contribution in [0.15, 0.2) is 53.9 Å². The highest BCUT2D eigenvalue weighted by atomic mass is 32.2. The van der Waals surface area contributed by atoms with Gasteiger partial charge < -0.3 is 5.73 Å². The summed E-state index contributed by atoms with van der Waals surface area (Å²) >= 11 is 1.64. The fourth-order valence-corrected chi connectivity index (χ4v) is 2.33. The summed E-state index contributed by atoms with van der Waals surface area (Å²) in [6.45, 7) is 0. The maximum Gasteiger partial charge on any atom is 0.187 e. The molecule has 2 N–H and O–H groups in total. The van der Waals surface area contributed by atoms with E-state index in [0.29, 0.717) is 0 Å². The lowest BCUT2D eigenvalue weighted by molar-refractivity contribution is 0.704. The Kier molecular flexibility index (Phi) is 4.53. The smallest absolute Gasteiger partial charge is 0.187 e. The molecule has 17 heavy (non-hydrogen) atoms. The molecule has 0 saturated carbocycles. The standard InChI is InChI=1S/C13H15N3S/c14-12(11-5-2-1-3-6-11)7-10-17-13-15-8-4-9-16-13/h1-6,8-9,12H,7,10,14H2/t12-/m0/s1. The van der Waals surface area contributed by atoms with Crippen LogP contribution in [-0.2, 0) is 0 Å². The minimum absolute atomic E-state index is 0.0902. The first kappa shape index (κ1) is 12.1. The maximum atomic E-state index is 6.10. The summed E-state index contributed by atoms with van der Waals surface area (Å²) in [5.74, 6) is 0.931. The summed E-state index contributed by atoms with van der Waals surface area (Å²) < 4.78 is 0. The molecule has 0 amide bonds. The van der Waals surface area contributed by atoms with Gasteiger partial charge >= 0.3 is 0 Å². The van der Waals surface area contributed by atoms with Crippen LogP contribution < -0.4 is 5.73 Å². The van der Waals surface area contributed by atoms with Crippen LogP contribution in [0.3, 0.4) is 0 Å². The van der Waals surface area contributed by atoms with E-state index in [-0.39, 0.29) is 6.04 Å². The highest BCUT2D eigenvalue weighted by Crippen LogP contribution is 2.19. The SMILES string of the molecule is N[C@@H](CCSc1ncccn1)c1ccccc1. The van der Waals surface area contributed by atoms with E-state index in [4.69, 9.17) is 5.73 Å². The zero-order valence-electron chi connectivity index (χ0n) is 9.49. The average Bonchev–Trinajstić information content (AvgIpc) is 2.41. The molecule has 0 fully saturated rings. The lowest BCUT2D eigenvalue weighted by Crippen LogP contribution is -2.10. The number of benzene rings is 1. The van der Waals surface area contributed by atoms with E-state index in [2.05, 4.69) is 22.1 Å². The van der Waals surface area contributed by atoms with Gasteiger partial charge in [-0.15, -0.1) is 0 Å². The number of thioether (sulfide) groups is 1. The number of nitrogens with zero attached hydrogens (tertiary/aromatic N) is 2. The van der Waals surface area contributed by atoms with Crippen molar-refractivity contribution in [3.8, 4) is 0 Å². The quantitative estimate of drug-likeness (QED) is 0.650. The zero-order chi connectivity index (χ0) is 11.9. The predicted octanol–water partition coefficient (Wildman–Crippen LogP) is 2.66. The Bertz CT molecular complexity index is 433. The van der Waals surface area contributed by atoms with Crippen LogP contribution in [0.1, 0.15) is 18.0 Å². The third-order valence-corrected chi connectivity index (χ3v) is 3.34. The summed E-state index contributed by atoms with van der Waals surface area (Å²) in [6, 6.07) is 12.1. The van der Waals surface area contributed by atoms with Gasteiger partial charge in [0.25, 0.3) is 0 Å². The van der Waals surface area contributed by atoms with Crippen LogP contribution >= 0.6 is 11.8 Å². The second-order valence-corrected chi connectivity index (χ2v) is 4.75.